The fourth-order valence-electron chi connectivity index (χ4n) is 3.84. The lowest BCUT2D eigenvalue weighted by molar-refractivity contribution is -0.138. The van der Waals surface area contributed by atoms with Gasteiger partial charge in [-0.15, -0.1) is 0 Å². The fraction of sp³-hybridized carbons (Fsp3) is 0.476. The Morgan fingerprint density at radius 1 is 1.24 bits per heavy atom. The molecule has 0 aromatic heterocycles. The minimum atomic E-state index is -0.347. The Morgan fingerprint density at radius 2 is 1.97 bits per heavy atom. The van der Waals surface area contributed by atoms with E-state index < -0.39 is 0 Å². The third-order valence-electron chi connectivity index (χ3n) is 5.25. The first-order valence-electron chi connectivity index (χ1n) is 9.79. The van der Waals surface area contributed by atoms with E-state index in [1.54, 1.807) is 24.3 Å². The molecule has 156 valence electrons. The molecule has 2 aliphatic rings. The van der Waals surface area contributed by atoms with E-state index in [1.807, 2.05) is 4.90 Å². The summed E-state index contributed by atoms with van der Waals surface area (Å²) in [6.45, 7) is 3.13. The number of likely N-dealkylation sites (tertiary alicyclic amines) is 1. The van der Waals surface area contributed by atoms with Crippen LogP contribution < -0.4 is 5.32 Å². The quantitative estimate of drug-likeness (QED) is 0.664. The summed E-state index contributed by atoms with van der Waals surface area (Å²) < 4.78 is 5.06. The average Bonchev–Trinajstić information content (AvgIpc) is 2.96. The molecule has 1 aromatic carbocycles. The van der Waals surface area contributed by atoms with Gasteiger partial charge in [0.25, 0.3) is 11.8 Å². The van der Waals surface area contributed by atoms with E-state index in [0.717, 1.165) is 12.8 Å². The molecular weight excluding hydrogens is 374 g/mol. The predicted molar refractivity (Wildman–Crippen MR) is 108 cm³/mol. The van der Waals surface area contributed by atoms with Crippen LogP contribution in [0.15, 0.2) is 30.0 Å². The summed E-state index contributed by atoms with van der Waals surface area (Å²) in [5.74, 6) is -0.776. The number of carbonyl (C=O) groups excluding carboxylic acids is 3. The summed E-state index contributed by atoms with van der Waals surface area (Å²) in [7, 11) is 1.53. The smallest absolute Gasteiger partial charge is 0.277 e. The number of aliphatic hydroxyl groups excluding tert-OH is 1. The van der Waals surface area contributed by atoms with Crippen LogP contribution in [-0.2, 0) is 19.1 Å². The number of aliphatic hydroxyl groups is 1. The molecule has 0 saturated carbocycles. The molecule has 1 unspecified atom stereocenters. The zero-order valence-electron chi connectivity index (χ0n) is 16.8. The van der Waals surface area contributed by atoms with Crippen molar-refractivity contribution in [3.8, 4) is 0 Å². The van der Waals surface area contributed by atoms with Crippen molar-refractivity contribution in [3.63, 3.8) is 0 Å². The van der Waals surface area contributed by atoms with Gasteiger partial charge in [0.1, 0.15) is 5.70 Å². The van der Waals surface area contributed by atoms with Crippen LogP contribution in [0, 0.1) is 5.92 Å². The van der Waals surface area contributed by atoms with Gasteiger partial charge in [-0.3, -0.25) is 19.3 Å². The number of anilines is 1. The van der Waals surface area contributed by atoms with Crippen molar-refractivity contribution in [1.29, 1.82) is 0 Å². The Labute approximate surface area is 170 Å². The maximum absolute atomic E-state index is 13.1. The number of methoxy groups -OCH3 is 1. The second-order valence-electron chi connectivity index (χ2n) is 7.37. The van der Waals surface area contributed by atoms with Crippen LogP contribution in [0.2, 0.25) is 0 Å². The van der Waals surface area contributed by atoms with E-state index in [-0.39, 0.29) is 43.4 Å². The molecule has 29 heavy (non-hydrogen) atoms. The van der Waals surface area contributed by atoms with Gasteiger partial charge in [0.15, 0.2) is 0 Å². The molecule has 1 aromatic rings. The first-order valence-corrected chi connectivity index (χ1v) is 9.79. The van der Waals surface area contributed by atoms with Gasteiger partial charge in [0, 0.05) is 39.4 Å². The van der Waals surface area contributed by atoms with Crippen LogP contribution in [-0.4, -0.2) is 72.6 Å². The molecule has 2 heterocycles. The second-order valence-corrected chi connectivity index (χ2v) is 7.37. The van der Waals surface area contributed by atoms with Crippen molar-refractivity contribution >= 4 is 29.0 Å². The highest BCUT2D eigenvalue weighted by atomic mass is 16.5. The molecule has 3 amide bonds. The standard InChI is InChI=1S/C21H27N3O5/c1-14(26)22-17-7-5-16(6-8-17)18-19(23-9-3-4-15(12-23)13-25)21(28)24(20(18)27)10-11-29-2/h5-8,15,25H,3-4,9-13H2,1-2H3,(H,22,26). The molecule has 8 nitrogen and oxygen atoms in total. The molecule has 0 spiro atoms. The molecule has 2 aliphatic heterocycles. The molecule has 0 bridgehead atoms. The van der Waals surface area contributed by atoms with Crippen molar-refractivity contribution < 1.29 is 24.2 Å². The molecule has 0 radical (unpaired) electrons. The van der Waals surface area contributed by atoms with Gasteiger partial charge in [-0.25, -0.2) is 0 Å². The van der Waals surface area contributed by atoms with E-state index >= 15 is 0 Å². The number of ether oxygens (including phenoxy) is 1. The Hall–Kier alpha value is -2.71. The van der Waals surface area contributed by atoms with E-state index in [0.29, 0.717) is 35.6 Å². The van der Waals surface area contributed by atoms with Crippen LogP contribution in [0.3, 0.4) is 0 Å². The van der Waals surface area contributed by atoms with Crippen LogP contribution in [0.25, 0.3) is 5.57 Å². The second kappa shape index (κ2) is 9.19. The lowest BCUT2D eigenvalue weighted by Gasteiger charge is -2.34. The number of piperidine rings is 1. The Morgan fingerprint density at radius 3 is 2.59 bits per heavy atom. The number of hydrogen-bond donors (Lipinski definition) is 2. The number of hydrogen-bond acceptors (Lipinski definition) is 6. The summed E-state index contributed by atoms with van der Waals surface area (Å²) in [6, 6.07) is 6.89. The maximum atomic E-state index is 13.1. The van der Waals surface area contributed by atoms with Gasteiger partial charge in [-0.05, 0) is 36.5 Å². The third kappa shape index (κ3) is 4.49. The molecule has 1 saturated heterocycles. The van der Waals surface area contributed by atoms with Crippen molar-refractivity contribution in [2.24, 2.45) is 5.92 Å². The number of nitrogens with zero attached hydrogens (tertiary/aromatic N) is 2. The molecule has 2 N–H and O–H groups in total. The van der Waals surface area contributed by atoms with Gasteiger partial charge >= 0.3 is 0 Å². The Kier molecular flexibility index (Phi) is 6.66. The number of nitrogens with one attached hydrogen (secondary N) is 1. The van der Waals surface area contributed by atoms with Gasteiger partial charge in [0.2, 0.25) is 5.91 Å². The first-order chi connectivity index (χ1) is 14.0. The monoisotopic (exact) mass is 401 g/mol. The van der Waals surface area contributed by atoms with Crippen LogP contribution in [0.4, 0.5) is 5.69 Å². The lowest BCUT2D eigenvalue weighted by Crippen LogP contribution is -2.41. The van der Waals surface area contributed by atoms with E-state index in [2.05, 4.69) is 5.32 Å². The summed E-state index contributed by atoms with van der Waals surface area (Å²) in [4.78, 5) is 40.7. The SMILES string of the molecule is COCCN1C(=O)C(c2ccc(NC(C)=O)cc2)=C(N2CCCC(CO)C2)C1=O. The summed E-state index contributed by atoms with van der Waals surface area (Å²) in [6.07, 6.45) is 1.75. The number of carbonyl (C=O) groups is 3. The molecule has 0 aliphatic carbocycles. The summed E-state index contributed by atoms with van der Waals surface area (Å²) in [5.41, 5.74) is 1.99. The number of rotatable bonds is 7. The molecular formula is C21H27N3O5. The van der Waals surface area contributed by atoms with E-state index in [9.17, 15) is 19.5 Å². The highest BCUT2D eigenvalue weighted by molar-refractivity contribution is 6.35. The average molecular weight is 401 g/mol. The molecule has 1 fully saturated rings. The molecule has 8 heteroatoms. The zero-order valence-corrected chi connectivity index (χ0v) is 16.8. The van der Waals surface area contributed by atoms with Crippen molar-refractivity contribution in [2.45, 2.75) is 19.8 Å². The van der Waals surface area contributed by atoms with E-state index in [4.69, 9.17) is 4.74 Å². The van der Waals surface area contributed by atoms with Crippen molar-refractivity contribution in [3.05, 3.63) is 35.5 Å². The van der Waals surface area contributed by atoms with Crippen LogP contribution >= 0.6 is 0 Å². The molecule has 1 atom stereocenters. The van der Waals surface area contributed by atoms with Crippen LogP contribution in [0.1, 0.15) is 25.3 Å². The fourth-order valence-corrected chi connectivity index (χ4v) is 3.84. The minimum Gasteiger partial charge on any atom is -0.396 e. The first kappa shape index (κ1) is 21.0. The van der Waals surface area contributed by atoms with Gasteiger partial charge < -0.3 is 20.1 Å². The largest absolute Gasteiger partial charge is 0.396 e. The van der Waals surface area contributed by atoms with Crippen molar-refractivity contribution in [1.82, 2.24) is 9.80 Å². The minimum absolute atomic E-state index is 0.0556. The maximum Gasteiger partial charge on any atom is 0.277 e. The lowest BCUT2D eigenvalue weighted by atomic mass is 9.97. The summed E-state index contributed by atoms with van der Waals surface area (Å²) in [5, 5.41) is 12.3. The predicted octanol–water partition coefficient (Wildman–Crippen LogP) is 1.08. The normalized spacial score (nSPS) is 19.9. The van der Waals surface area contributed by atoms with Crippen molar-refractivity contribution in [2.75, 3.05) is 45.3 Å². The van der Waals surface area contributed by atoms with Gasteiger partial charge in [0.05, 0.1) is 18.7 Å². The number of amides is 3. The Balaban J connectivity index is 1.98. The third-order valence-corrected chi connectivity index (χ3v) is 5.25. The Bertz CT molecular complexity index is 818. The van der Waals surface area contributed by atoms with Crippen LogP contribution in [0.5, 0.6) is 0 Å². The highest BCUT2D eigenvalue weighted by Gasteiger charge is 2.42. The van der Waals surface area contributed by atoms with Gasteiger partial charge in [-0.2, -0.15) is 0 Å². The number of imide groups is 1. The highest BCUT2D eigenvalue weighted by Crippen LogP contribution is 2.34. The summed E-state index contributed by atoms with van der Waals surface area (Å²) >= 11 is 0. The van der Waals surface area contributed by atoms with Gasteiger partial charge in [-0.1, -0.05) is 12.1 Å². The number of benzene rings is 1. The van der Waals surface area contributed by atoms with E-state index in [1.165, 1.54) is 18.9 Å². The topological polar surface area (TPSA) is 99.2 Å². The zero-order chi connectivity index (χ0) is 21.0. The molecule has 3 rings (SSSR count).